The van der Waals surface area contributed by atoms with Crippen LogP contribution in [-0.4, -0.2) is 37.0 Å². The molecule has 2 rings (SSSR count). The molecule has 4 heteroatoms. The van der Waals surface area contributed by atoms with Gasteiger partial charge in [0.25, 0.3) is 5.91 Å². The Morgan fingerprint density at radius 2 is 1.88 bits per heavy atom. The number of piperazine rings is 1. The molecule has 0 unspecified atom stereocenters. The summed E-state index contributed by atoms with van der Waals surface area (Å²) in [5.41, 5.74) is 0.804. The average molecular weight is 249 g/mol. The molecule has 0 aliphatic carbocycles. The number of hydrogen-bond acceptors (Lipinski definition) is 2. The average Bonchev–Trinajstić information content (AvgIpc) is 2.39. The minimum absolute atomic E-state index is 0.110. The van der Waals surface area contributed by atoms with Crippen LogP contribution in [0.1, 0.15) is 5.56 Å². The van der Waals surface area contributed by atoms with Crippen LogP contribution in [0.3, 0.4) is 0 Å². The van der Waals surface area contributed by atoms with E-state index in [9.17, 15) is 4.79 Å². The molecule has 1 amide bonds. The van der Waals surface area contributed by atoms with E-state index in [4.69, 9.17) is 11.6 Å². The maximum atomic E-state index is 11.7. The Labute approximate surface area is 106 Å². The zero-order valence-corrected chi connectivity index (χ0v) is 10.1. The summed E-state index contributed by atoms with van der Waals surface area (Å²) in [4.78, 5) is 13.5. The molecule has 3 nitrogen and oxygen atoms in total. The zero-order chi connectivity index (χ0) is 12.1. The molecule has 0 bridgehead atoms. The van der Waals surface area contributed by atoms with Crippen LogP contribution in [0.5, 0.6) is 0 Å². The number of carbonyl (C=O) groups is 1. The van der Waals surface area contributed by atoms with Crippen molar-refractivity contribution in [3.8, 4) is 11.8 Å². The van der Waals surface area contributed by atoms with Gasteiger partial charge < -0.3 is 10.2 Å². The molecule has 1 aliphatic heterocycles. The van der Waals surface area contributed by atoms with Gasteiger partial charge in [-0.15, -0.1) is 0 Å². The summed E-state index contributed by atoms with van der Waals surface area (Å²) in [5.74, 6) is 5.39. The zero-order valence-electron chi connectivity index (χ0n) is 9.37. The topological polar surface area (TPSA) is 32.3 Å². The predicted octanol–water partition coefficient (Wildman–Crippen LogP) is 1.12. The van der Waals surface area contributed by atoms with E-state index in [0.717, 1.165) is 31.7 Å². The van der Waals surface area contributed by atoms with E-state index in [1.807, 2.05) is 0 Å². The van der Waals surface area contributed by atoms with E-state index in [-0.39, 0.29) is 5.91 Å². The molecule has 0 spiro atoms. The third kappa shape index (κ3) is 3.48. The Morgan fingerprint density at radius 1 is 1.24 bits per heavy atom. The fourth-order valence-corrected chi connectivity index (χ4v) is 1.73. The summed E-state index contributed by atoms with van der Waals surface area (Å²) in [7, 11) is 0. The number of benzene rings is 1. The lowest BCUT2D eigenvalue weighted by Crippen LogP contribution is -2.46. The first-order chi connectivity index (χ1) is 8.25. The van der Waals surface area contributed by atoms with E-state index in [1.165, 1.54) is 0 Å². The Hall–Kier alpha value is -1.50. The van der Waals surface area contributed by atoms with E-state index in [2.05, 4.69) is 17.2 Å². The quantitative estimate of drug-likeness (QED) is 0.698. The number of rotatable bonds is 0. The number of amides is 1. The normalized spacial score (nSPS) is 15.0. The Morgan fingerprint density at radius 3 is 2.53 bits per heavy atom. The van der Waals surface area contributed by atoms with E-state index >= 15 is 0 Å². The van der Waals surface area contributed by atoms with Gasteiger partial charge in [-0.25, -0.2) is 0 Å². The predicted molar refractivity (Wildman–Crippen MR) is 67.8 cm³/mol. The highest BCUT2D eigenvalue weighted by Crippen LogP contribution is 2.08. The first kappa shape index (κ1) is 12.0. The van der Waals surface area contributed by atoms with Crippen LogP contribution < -0.4 is 5.32 Å². The summed E-state index contributed by atoms with van der Waals surface area (Å²) >= 11 is 5.77. The fourth-order valence-electron chi connectivity index (χ4n) is 1.61. The standard InChI is InChI=1S/C13H13ClN2O/c14-12-4-1-11(2-5-12)3-6-13(17)16-9-7-15-8-10-16/h1-2,4-5,15H,7-10H2. The monoisotopic (exact) mass is 248 g/mol. The van der Waals surface area contributed by atoms with Gasteiger partial charge in [-0.2, -0.15) is 0 Å². The Balaban J connectivity index is 2.00. The van der Waals surface area contributed by atoms with Crippen LogP contribution >= 0.6 is 11.6 Å². The second-order valence-electron chi connectivity index (χ2n) is 3.80. The first-order valence-electron chi connectivity index (χ1n) is 5.53. The van der Waals surface area contributed by atoms with Gasteiger partial charge in [-0.3, -0.25) is 4.79 Å². The lowest BCUT2D eigenvalue weighted by molar-refractivity contribution is -0.125. The number of nitrogens with zero attached hydrogens (tertiary/aromatic N) is 1. The van der Waals surface area contributed by atoms with Gasteiger partial charge in [-0.1, -0.05) is 17.5 Å². The lowest BCUT2D eigenvalue weighted by Gasteiger charge is -2.25. The second-order valence-corrected chi connectivity index (χ2v) is 4.24. The highest BCUT2D eigenvalue weighted by Gasteiger charge is 2.13. The van der Waals surface area contributed by atoms with E-state index in [0.29, 0.717) is 5.02 Å². The summed E-state index contributed by atoms with van der Waals surface area (Å²) < 4.78 is 0. The largest absolute Gasteiger partial charge is 0.329 e. The molecule has 1 aromatic rings. The molecule has 1 saturated heterocycles. The van der Waals surface area contributed by atoms with Crippen LogP contribution in [0.2, 0.25) is 5.02 Å². The van der Waals surface area contributed by atoms with Crippen molar-refractivity contribution in [1.29, 1.82) is 0 Å². The molecular weight excluding hydrogens is 236 g/mol. The van der Waals surface area contributed by atoms with Crippen LogP contribution in [0.15, 0.2) is 24.3 Å². The Kier molecular flexibility index (Phi) is 4.03. The highest BCUT2D eigenvalue weighted by molar-refractivity contribution is 6.30. The van der Waals surface area contributed by atoms with Crippen molar-refractivity contribution in [3.05, 3.63) is 34.9 Å². The van der Waals surface area contributed by atoms with Crippen LogP contribution in [0.4, 0.5) is 0 Å². The number of nitrogens with one attached hydrogen (secondary N) is 1. The van der Waals surface area contributed by atoms with Gasteiger partial charge in [0.1, 0.15) is 0 Å². The molecule has 1 fully saturated rings. The van der Waals surface area contributed by atoms with Gasteiger partial charge in [0.05, 0.1) is 0 Å². The number of hydrogen-bond donors (Lipinski definition) is 1. The molecular formula is C13H13ClN2O. The molecule has 0 saturated carbocycles. The van der Waals surface area contributed by atoms with Crippen LogP contribution in [0.25, 0.3) is 0 Å². The summed E-state index contributed by atoms with van der Waals surface area (Å²) in [6.07, 6.45) is 0. The van der Waals surface area contributed by atoms with Gasteiger partial charge in [-0.05, 0) is 24.3 Å². The van der Waals surface area contributed by atoms with Crippen molar-refractivity contribution in [2.75, 3.05) is 26.2 Å². The van der Waals surface area contributed by atoms with Crippen molar-refractivity contribution in [2.24, 2.45) is 0 Å². The third-order valence-corrected chi connectivity index (χ3v) is 2.81. The second kappa shape index (κ2) is 5.72. The minimum Gasteiger partial charge on any atom is -0.329 e. The van der Waals surface area contributed by atoms with Crippen LogP contribution in [0, 0.1) is 11.8 Å². The summed E-state index contributed by atoms with van der Waals surface area (Å²) in [6, 6.07) is 7.14. The van der Waals surface area contributed by atoms with E-state index < -0.39 is 0 Å². The SMILES string of the molecule is O=C(C#Cc1ccc(Cl)cc1)N1CCNCC1. The first-order valence-corrected chi connectivity index (χ1v) is 5.91. The van der Waals surface area contributed by atoms with Crippen molar-refractivity contribution >= 4 is 17.5 Å². The van der Waals surface area contributed by atoms with Gasteiger partial charge in [0.15, 0.2) is 0 Å². The molecule has 0 radical (unpaired) electrons. The highest BCUT2D eigenvalue weighted by atomic mass is 35.5. The van der Waals surface area contributed by atoms with Crippen LogP contribution in [-0.2, 0) is 4.79 Å². The molecule has 17 heavy (non-hydrogen) atoms. The molecule has 1 N–H and O–H groups in total. The van der Waals surface area contributed by atoms with Crippen molar-refractivity contribution in [1.82, 2.24) is 10.2 Å². The van der Waals surface area contributed by atoms with E-state index in [1.54, 1.807) is 29.2 Å². The summed E-state index contributed by atoms with van der Waals surface area (Å²) in [5, 5.41) is 3.86. The van der Waals surface area contributed by atoms with Gasteiger partial charge in [0.2, 0.25) is 0 Å². The summed E-state index contributed by atoms with van der Waals surface area (Å²) in [6.45, 7) is 3.14. The smallest absolute Gasteiger partial charge is 0.298 e. The molecule has 1 heterocycles. The minimum atomic E-state index is -0.110. The molecule has 0 atom stereocenters. The molecule has 0 aromatic heterocycles. The van der Waals surface area contributed by atoms with Gasteiger partial charge >= 0.3 is 0 Å². The lowest BCUT2D eigenvalue weighted by atomic mass is 10.2. The molecule has 1 aromatic carbocycles. The third-order valence-electron chi connectivity index (χ3n) is 2.56. The molecule has 88 valence electrons. The van der Waals surface area contributed by atoms with Crippen molar-refractivity contribution in [2.45, 2.75) is 0 Å². The fraction of sp³-hybridized carbons (Fsp3) is 0.308. The molecule has 1 aliphatic rings. The van der Waals surface area contributed by atoms with Gasteiger partial charge in [0, 0.05) is 42.7 Å². The van der Waals surface area contributed by atoms with Crippen molar-refractivity contribution in [3.63, 3.8) is 0 Å². The maximum absolute atomic E-state index is 11.7. The maximum Gasteiger partial charge on any atom is 0.298 e. The van der Waals surface area contributed by atoms with Crippen molar-refractivity contribution < 1.29 is 4.79 Å². The Bertz CT molecular complexity index is 453. The number of halogens is 1. The number of carbonyl (C=O) groups excluding carboxylic acids is 1.